The Morgan fingerprint density at radius 1 is 0.860 bits per heavy atom. The minimum Gasteiger partial charge on any atom is -0.368 e. The third kappa shape index (κ3) is 7.35. The molecule has 3 aliphatic rings. The molecular weight excluding hydrogens is 574 g/mol. The fourth-order valence-corrected chi connectivity index (χ4v) is 7.40. The summed E-state index contributed by atoms with van der Waals surface area (Å²) < 4.78 is 0. The average molecular weight is 618 g/mol. The molecule has 3 heterocycles. The molecule has 43 heavy (non-hydrogen) atoms. The third-order valence-electron chi connectivity index (χ3n) is 9.47. The van der Waals surface area contributed by atoms with Gasteiger partial charge < -0.3 is 25.3 Å². The van der Waals surface area contributed by atoms with Gasteiger partial charge in [0.15, 0.2) is 5.11 Å². The Labute approximate surface area is 267 Å². The molecule has 2 aliphatic heterocycles. The van der Waals surface area contributed by atoms with Gasteiger partial charge in [0.05, 0.1) is 0 Å². The lowest BCUT2D eigenvalue weighted by Crippen LogP contribution is -2.47. The van der Waals surface area contributed by atoms with Gasteiger partial charge in [-0.05, 0) is 73.6 Å². The van der Waals surface area contributed by atoms with E-state index < -0.39 is 0 Å². The molecule has 1 saturated carbocycles. The third-order valence-corrected chi connectivity index (χ3v) is 9.95. The highest BCUT2D eigenvalue weighted by Crippen LogP contribution is 2.40. The molecule has 1 aromatic heterocycles. The van der Waals surface area contributed by atoms with Crippen molar-refractivity contribution in [3.8, 4) is 0 Å². The zero-order valence-corrected chi connectivity index (χ0v) is 26.8. The predicted octanol–water partition coefficient (Wildman–Crippen LogP) is 6.88. The zero-order valence-electron chi connectivity index (χ0n) is 25.3. The second kappa shape index (κ2) is 13.7. The number of para-hydroxylation sites is 1. The molecule has 9 heteroatoms. The van der Waals surface area contributed by atoms with Crippen LogP contribution in [0.5, 0.6) is 0 Å². The number of nitrogens with zero attached hydrogens (tertiary/aromatic N) is 5. The van der Waals surface area contributed by atoms with Gasteiger partial charge in [-0.25, -0.2) is 0 Å². The van der Waals surface area contributed by atoms with E-state index in [1.807, 2.05) is 6.07 Å². The van der Waals surface area contributed by atoms with Crippen molar-refractivity contribution in [1.29, 1.82) is 0 Å². The summed E-state index contributed by atoms with van der Waals surface area (Å²) in [7, 11) is 0. The number of piperidine rings is 1. The first-order valence-electron chi connectivity index (χ1n) is 16.0. The van der Waals surface area contributed by atoms with Gasteiger partial charge in [0.25, 0.3) is 0 Å². The molecule has 0 bridgehead atoms. The van der Waals surface area contributed by atoms with Crippen LogP contribution in [0.15, 0.2) is 60.7 Å². The normalized spacial score (nSPS) is 20.5. The number of hydrogen-bond donors (Lipinski definition) is 2. The van der Waals surface area contributed by atoms with Crippen LogP contribution in [0.2, 0.25) is 5.02 Å². The minimum absolute atomic E-state index is 0.0190. The molecule has 2 aromatic carbocycles. The van der Waals surface area contributed by atoms with Gasteiger partial charge in [0.2, 0.25) is 5.95 Å². The lowest BCUT2D eigenvalue weighted by molar-refractivity contribution is 0.292. The van der Waals surface area contributed by atoms with Gasteiger partial charge in [-0.3, -0.25) is 0 Å². The number of rotatable bonds is 7. The topological polar surface area (TPSA) is 59.6 Å². The van der Waals surface area contributed by atoms with Crippen molar-refractivity contribution < 1.29 is 0 Å². The maximum absolute atomic E-state index is 6.42. The van der Waals surface area contributed by atoms with Gasteiger partial charge >= 0.3 is 0 Å². The molecule has 1 unspecified atom stereocenters. The summed E-state index contributed by atoms with van der Waals surface area (Å²) in [5, 5.41) is 8.28. The molecule has 228 valence electrons. The monoisotopic (exact) mass is 617 g/mol. The fraction of sp³-hybridized carbons (Fsp3) is 0.500. The van der Waals surface area contributed by atoms with Crippen molar-refractivity contribution in [3.63, 3.8) is 0 Å². The van der Waals surface area contributed by atoms with Crippen molar-refractivity contribution in [2.24, 2.45) is 5.92 Å². The highest BCUT2D eigenvalue weighted by molar-refractivity contribution is 7.80. The van der Waals surface area contributed by atoms with E-state index in [1.54, 1.807) is 0 Å². The highest BCUT2D eigenvalue weighted by Gasteiger charge is 2.34. The van der Waals surface area contributed by atoms with Crippen LogP contribution in [-0.4, -0.2) is 60.9 Å². The Bertz CT molecular complexity index is 1370. The van der Waals surface area contributed by atoms with Crippen molar-refractivity contribution in [1.82, 2.24) is 15.3 Å². The quantitative estimate of drug-likeness (QED) is 0.278. The largest absolute Gasteiger partial charge is 0.368 e. The summed E-state index contributed by atoms with van der Waals surface area (Å²) in [6, 6.07) is 21.2. The number of thiocarbonyl (C=S) groups is 1. The summed E-state index contributed by atoms with van der Waals surface area (Å²) in [6.45, 7) is 8.86. The van der Waals surface area contributed by atoms with E-state index in [9.17, 15) is 0 Å². The number of halogens is 1. The van der Waals surface area contributed by atoms with Crippen LogP contribution in [0.4, 0.5) is 23.3 Å². The van der Waals surface area contributed by atoms with Gasteiger partial charge in [-0.1, -0.05) is 68.1 Å². The minimum atomic E-state index is 0.0190. The molecule has 3 aromatic rings. The van der Waals surface area contributed by atoms with Crippen LogP contribution in [0.3, 0.4) is 0 Å². The summed E-state index contributed by atoms with van der Waals surface area (Å²) >= 11 is 12.3. The second-order valence-electron chi connectivity index (χ2n) is 12.6. The standard InChI is InChI=1S/C34H44ClN7S/c1-26-10-9-17-42(24-26)31-23-30(41-20-18-40(19-21-41)29-13-4-2-5-14-29)37-32(38-31)39-33(43)36-25-34(15-6-3-7-16-34)27-11-8-12-28(35)22-27/h2,4-5,8,11-14,22-23,26H,3,6-7,9-10,15-21,24-25H2,1H3,(H2,36,37,38,39,43). The lowest BCUT2D eigenvalue weighted by Gasteiger charge is -2.38. The Kier molecular flexibility index (Phi) is 9.53. The van der Waals surface area contributed by atoms with Crippen LogP contribution in [0.25, 0.3) is 0 Å². The van der Waals surface area contributed by atoms with E-state index in [2.05, 4.69) is 86.9 Å². The van der Waals surface area contributed by atoms with E-state index in [1.165, 1.54) is 43.4 Å². The van der Waals surface area contributed by atoms with Crippen molar-refractivity contribution >= 4 is 52.2 Å². The average Bonchev–Trinajstić information content (AvgIpc) is 3.05. The summed E-state index contributed by atoms with van der Waals surface area (Å²) in [5.41, 5.74) is 2.59. The molecule has 1 aliphatic carbocycles. The molecule has 3 fully saturated rings. The van der Waals surface area contributed by atoms with Crippen molar-refractivity contribution in [2.75, 3.05) is 65.8 Å². The summed E-state index contributed by atoms with van der Waals surface area (Å²) in [4.78, 5) is 17.2. The van der Waals surface area contributed by atoms with Crippen molar-refractivity contribution in [3.05, 3.63) is 71.2 Å². The molecular formula is C34H44ClN7S. The number of anilines is 4. The van der Waals surface area contributed by atoms with Crippen LogP contribution < -0.4 is 25.3 Å². The van der Waals surface area contributed by atoms with Crippen LogP contribution in [0, 0.1) is 5.92 Å². The molecule has 2 saturated heterocycles. The first kappa shape index (κ1) is 29.9. The van der Waals surface area contributed by atoms with Gasteiger partial charge in [0.1, 0.15) is 11.6 Å². The maximum atomic E-state index is 6.42. The number of piperazine rings is 1. The first-order valence-corrected chi connectivity index (χ1v) is 16.8. The molecule has 0 spiro atoms. The van der Waals surface area contributed by atoms with Crippen LogP contribution in [0.1, 0.15) is 57.4 Å². The van der Waals surface area contributed by atoms with E-state index >= 15 is 0 Å². The van der Waals surface area contributed by atoms with E-state index in [0.29, 0.717) is 17.0 Å². The number of nitrogens with one attached hydrogen (secondary N) is 2. The smallest absolute Gasteiger partial charge is 0.232 e. The number of benzene rings is 2. The molecule has 2 N–H and O–H groups in total. The van der Waals surface area contributed by atoms with Crippen molar-refractivity contribution in [2.45, 2.75) is 57.3 Å². The highest BCUT2D eigenvalue weighted by atomic mass is 35.5. The molecule has 0 amide bonds. The summed E-state index contributed by atoms with van der Waals surface area (Å²) in [6.07, 6.45) is 8.42. The fourth-order valence-electron chi connectivity index (χ4n) is 7.04. The lowest BCUT2D eigenvalue weighted by atomic mass is 9.69. The van der Waals surface area contributed by atoms with Crippen LogP contribution in [-0.2, 0) is 5.41 Å². The van der Waals surface area contributed by atoms with Crippen LogP contribution >= 0.6 is 23.8 Å². The summed E-state index contributed by atoms with van der Waals surface area (Å²) in [5.74, 6) is 3.16. The van der Waals surface area contributed by atoms with E-state index in [-0.39, 0.29) is 5.41 Å². The first-order chi connectivity index (χ1) is 21.0. The Morgan fingerprint density at radius 2 is 1.58 bits per heavy atom. The Morgan fingerprint density at radius 3 is 2.30 bits per heavy atom. The van der Waals surface area contributed by atoms with E-state index in [0.717, 1.165) is 75.3 Å². The molecule has 6 rings (SSSR count). The predicted molar refractivity (Wildman–Crippen MR) is 184 cm³/mol. The maximum Gasteiger partial charge on any atom is 0.232 e. The van der Waals surface area contributed by atoms with E-state index in [4.69, 9.17) is 33.8 Å². The van der Waals surface area contributed by atoms with Gasteiger partial charge in [-0.2, -0.15) is 9.97 Å². The second-order valence-corrected chi connectivity index (χ2v) is 13.4. The van der Waals surface area contributed by atoms with Gasteiger partial charge in [-0.15, -0.1) is 0 Å². The molecule has 0 radical (unpaired) electrons. The Balaban J connectivity index is 1.18. The Hall–Kier alpha value is -3.10. The SMILES string of the molecule is CC1CCCN(c2cc(N3CCN(c4ccccc4)CC3)nc(NC(=S)NCC3(c4cccc(Cl)c4)CCCCC3)n2)C1. The number of hydrogen-bond acceptors (Lipinski definition) is 6. The zero-order chi connectivity index (χ0) is 29.6. The van der Waals surface area contributed by atoms with Gasteiger partial charge in [0, 0.05) is 68.0 Å². The number of aromatic nitrogens is 2. The molecule has 7 nitrogen and oxygen atoms in total. The molecule has 1 atom stereocenters.